The van der Waals surface area contributed by atoms with Gasteiger partial charge in [-0.3, -0.25) is 0 Å². The minimum absolute atomic E-state index is 0.612. The first kappa shape index (κ1) is 13.3. The molecule has 0 aliphatic rings. The van der Waals surface area contributed by atoms with Crippen molar-refractivity contribution in [3.63, 3.8) is 0 Å². The summed E-state index contributed by atoms with van der Waals surface area (Å²) in [5, 5.41) is 1.22. The minimum Gasteiger partial charge on any atom is -0.365 e. The molecule has 0 aliphatic heterocycles. The molecule has 0 radical (unpaired) electrons. The van der Waals surface area contributed by atoms with E-state index in [0.717, 1.165) is 34.9 Å². The Balaban J connectivity index is 1.96. The SMILES string of the molecule is Cc1[nH]c(Cc2ccc[nH]2)nc1-c1cc(Cl)cc(Cl)c1. The molecule has 0 saturated carbocycles. The Kier molecular flexibility index (Phi) is 3.55. The highest BCUT2D eigenvalue weighted by Crippen LogP contribution is 2.28. The van der Waals surface area contributed by atoms with E-state index < -0.39 is 0 Å². The molecule has 0 aliphatic carbocycles. The van der Waals surface area contributed by atoms with E-state index in [1.165, 1.54) is 0 Å². The lowest BCUT2D eigenvalue weighted by Crippen LogP contribution is -1.90. The van der Waals surface area contributed by atoms with Gasteiger partial charge in [-0.1, -0.05) is 23.2 Å². The van der Waals surface area contributed by atoms with Crippen LogP contribution in [0.2, 0.25) is 10.0 Å². The molecule has 0 spiro atoms. The second-order valence-electron chi connectivity index (χ2n) is 4.69. The van der Waals surface area contributed by atoms with Crippen molar-refractivity contribution in [3.05, 3.63) is 63.8 Å². The number of benzene rings is 1. The predicted molar refractivity (Wildman–Crippen MR) is 82.4 cm³/mol. The zero-order valence-corrected chi connectivity index (χ0v) is 12.4. The first-order chi connectivity index (χ1) is 9.61. The molecule has 0 unspecified atom stereocenters. The number of imidazole rings is 1. The van der Waals surface area contributed by atoms with Crippen LogP contribution >= 0.6 is 23.2 Å². The summed E-state index contributed by atoms with van der Waals surface area (Å²) in [6, 6.07) is 9.47. The van der Waals surface area contributed by atoms with Crippen molar-refractivity contribution in [2.45, 2.75) is 13.3 Å². The highest BCUT2D eigenvalue weighted by atomic mass is 35.5. The van der Waals surface area contributed by atoms with Gasteiger partial charge < -0.3 is 9.97 Å². The van der Waals surface area contributed by atoms with Crippen LogP contribution in [0, 0.1) is 6.92 Å². The Hall–Kier alpha value is -1.71. The van der Waals surface area contributed by atoms with Gasteiger partial charge in [0, 0.05) is 39.6 Å². The third-order valence-electron chi connectivity index (χ3n) is 3.09. The third-order valence-corrected chi connectivity index (χ3v) is 3.53. The molecule has 2 heterocycles. The number of aromatic amines is 2. The molecular weight excluding hydrogens is 293 g/mol. The van der Waals surface area contributed by atoms with E-state index in [4.69, 9.17) is 23.2 Å². The number of aromatic nitrogens is 3. The summed E-state index contributed by atoms with van der Waals surface area (Å²) in [4.78, 5) is 11.1. The van der Waals surface area contributed by atoms with E-state index in [2.05, 4.69) is 15.0 Å². The zero-order chi connectivity index (χ0) is 14.1. The number of rotatable bonds is 3. The lowest BCUT2D eigenvalue weighted by molar-refractivity contribution is 0.984. The molecule has 3 rings (SSSR count). The van der Waals surface area contributed by atoms with Crippen molar-refractivity contribution in [2.24, 2.45) is 0 Å². The van der Waals surface area contributed by atoms with Crippen molar-refractivity contribution in [1.82, 2.24) is 15.0 Å². The Morgan fingerprint density at radius 2 is 1.90 bits per heavy atom. The normalized spacial score (nSPS) is 10.9. The maximum absolute atomic E-state index is 6.05. The van der Waals surface area contributed by atoms with Gasteiger partial charge in [0.15, 0.2) is 0 Å². The first-order valence-corrected chi connectivity index (χ1v) is 7.01. The van der Waals surface area contributed by atoms with Crippen LogP contribution in [0.25, 0.3) is 11.3 Å². The second-order valence-corrected chi connectivity index (χ2v) is 5.56. The summed E-state index contributed by atoms with van der Waals surface area (Å²) in [5.41, 5.74) is 3.93. The fourth-order valence-corrected chi connectivity index (χ4v) is 2.76. The quantitative estimate of drug-likeness (QED) is 0.729. The number of hydrogen-bond acceptors (Lipinski definition) is 1. The predicted octanol–water partition coefficient (Wildman–Crippen LogP) is 4.61. The molecule has 2 aromatic heterocycles. The Morgan fingerprint density at radius 3 is 2.55 bits per heavy atom. The number of aryl methyl sites for hydroxylation is 1. The number of H-pyrrole nitrogens is 2. The molecule has 0 bridgehead atoms. The highest BCUT2D eigenvalue weighted by Gasteiger charge is 2.11. The number of halogens is 2. The summed E-state index contributed by atoms with van der Waals surface area (Å²) in [6.45, 7) is 2.00. The number of nitrogens with one attached hydrogen (secondary N) is 2. The molecule has 102 valence electrons. The van der Waals surface area contributed by atoms with Gasteiger partial charge in [-0.05, 0) is 37.3 Å². The average molecular weight is 306 g/mol. The molecule has 0 atom stereocenters. The van der Waals surface area contributed by atoms with E-state index in [1.807, 2.05) is 37.4 Å². The van der Waals surface area contributed by atoms with Crippen LogP contribution in [0.3, 0.4) is 0 Å². The number of nitrogens with zero attached hydrogens (tertiary/aromatic N) is 1. The monoisotopic (exact) mass is 305 g/mol. The van der Waals surface area contributed by atoms with Gasteiger partial charge in [-0.2, -0.15) is 0 Å². The van der Waals surface area contributed by atoms with Gasteiger partial charge in [0.2, 0.25) is 0 Å². The minimum atomic E-state index is 0.612. The molecule has 0 amide bonds. The molecule has 5 heteroatoms. The average Bonchev–Trinajstić information content (AvgIpc) is 2.98. The standard InChI is InChI=1S/C15H13Cl2N3/c1-9-15(10-5-11(16)7-12(17)6-10)20-14(19-9)8-13-3-2-4-18-13/h2-7,18H,8H2,1H3,(H,19,20). The van der Waals surface area contributed by atoms with Crippen LogP contribution < -0.4 is 0 Å². The van der Waals surface area contributed by atoms with E-state index in [0.29, 0.717) is 10.0 Å². The van der Waals surface area contributed by atoms with Crippen molar-refractivity contribution in [3.8, 4) is 11.3 Å². The van der Waals surface area contributed by atoms with Gasteiger partial charge in [-0.25, -0.2) is 4.98 Å². The fraction of sp³-hybridized carbons (Fsp3) is 0.133. The van der Waals surface area contributed by atoms with Crippen molar-refractivity contribution < 1.29 is 0 Å². The van der Waals surface area contributed by atoms with Crippen LogP contribution in [0.5, 0.6) is 0 Å². The topological polar surface area (TPSA) is 44.5 Å². The van der Waals surface area contributed by atoms with Crippen LogP contribution in [-0.4, -0.2) is 15.0 Å². The van der Waals surface area contributed by atoms with E-state index in [9.17, 15) is 0 Å². The Labute approximate surface area is 127 Å². The second kappa shape index (κ2) is 5.35. The summed E-state index contributed by atoms with van der Waals surface area (Å²) >= 11 is 12.1. The van der Waals surface area contributed by atoms with E-state index >= 15 is 0 Å². The van der Waals surface area contributed by atoms with Gasteiger partial charge in [-0.15, -0.1) is 0 Å². The molecule has 0 fully saturated rings. The van der Waals surface area contributed by atoms with Crippen LogP contribution in [0.4, 0.5) is 0 Å². The van der Waals surface area contributed by atoms with Gasteiger partial charge in [0.25, 0.3) is 0 Å². The molecular formula is C15H13Cl2N3. The van der Waals surface area contributed by atoms with Crippen LogP contribution in [0.15, 0.2) is 36.5 Å². The zero-order valence-electron chi connectivity index (χ0n) is 10.9. The Bertz CT molecular complexity index is 709. The maximum atomic E-state index is 6.05. The summed E-state index contributed by atoms with van der Waals surface area (Å²) in [5.74, 6) is 0.913. The summed E-state index contributed by atoms with van der Waals surface area (Å²) in [7, 11) is 0. The van der Waals surface area contributed by atoms with Crippen molar-refractivity contribution >= 4 is 23.2 Å². The van der Waals surface area contributed by atoms with Gasteiger partial charge in [0.1, 0.15) is 5.82 Å². The summed E-state index contributed by atoms with van der Waals surface area (Å²) in [6.07, 6.45) is 2.64. The van der Waals surface area contributed by atoms with Crippen LogP contribution in [0.1, 0.15) is 17.2 Å². The first-order valence-electron chi connectivity index (χ1n) is 6.26. The molecule has 0 saturated heterocycles. The summed E-state index contributed by atoms with van der Waals surface area (Å²) < 4.78 is 0. The van der Waals surface area contributed by atoms with Gasteiger partial charge in [0.05, 0.1) is 5.69 Å². The van der Waals surface area contributed by atoms with Crippen molar-refractivity contribution in [2.75, 3.05) is 0 Å². The van der Waals surface area contributed by atoms with Crippen molar-refractivity contribution in [1.29, 1.82) is 0 Å². The lowest BCUT2D eigenvalue weighted by Gasteiger charge is -2.01. The maximum Gasteiger partial charge on any atom is 0.112 e. The Morgan fingerprint density at radius 1 is 1.15 bits per heavy atom. The lowest BCUT2D eigenvalue weighted by atomic mass is 10.1. The molecule has 3 nitrogen and oxygen atoms in total. The third kappa shape index (κ3) is 2.74. The molecule has 1 aromatic carbocycles. The number of hydrogen-bond donors (Lipinski definition) is 2. The smallest absolute Gasteiger partial charge is 0.112 e. The van der Waals surface area contributed by atoms with E-state index in [1.54, 1.807) is 6.07 Å². The largest absolute Gasteiger partial charge is 0.365 e. The molecule has 2 N–H and O–H groups in total. The fourth-order valence-electron chi connectivity index (χ4n) is 2.24. The van der Waals surface area contributed by atoms with Gasteiger partial charge >= 0.3 is 0 Å². The molecule has 20 heavy (non-hydrogen) atoms. The van der Waals surface area contributed by atoms with E-state index in [-0.39, 0.29) is 0 Å². The highest BCUT2D eigenvalue weighted by molar-refractivity contribution is 6.35. The molecule has 3 aromatic rings. The van der Waals surface area contributed by atoms with Crippen LogP contribution in [-0.2, 0) is 6.42 Å².